The maximum Gasteiger partial charge on any atom is 0.0346 e. The minimum atomic E-state index is 0. The fourth-order valence-electron chi connectivity index (χ4n) is 2.83. The van der Waals surface area contributed by atoms with Gasteiger partial charge in [0.1, 0.15) is 0 Å². The van der Waals surface area contributed by atoms with Gasteiger partial charge in [-0.2, -0.15) is 0 Å². The van der Waals surface area contributed by atoms with E-state index in [4.69, 9.17) is 0 Å². The quantitative estimate of drug-likeness (QED) is 0.658. The van der Waals surface area contributed by atoms with Crippen LogP contribution in [0.1, 0.15) is 19.3 Å². The standard InChI is InChI=1S/C10H19N3.ClH/c1-2-9-7-13(10-5-11-6-10)4-3-8(1)12-9;/h8-12H,1-7H2;1H. The summed E-state index contributed by atoms with van der Waals surface area (Å²) in [5.74, 6) is 0. The molecule has 0 aromatic heterocycles. The smallest absolute Gasteiger partial charge is 0.0346 e. The first-order chi connectivity index (χ1) is 6.42. The van der Waals surface area contributed by atoms with Crippen LogP contribution < -0.4 is 10.6 Å². The Morgan fingerprint density at radius 1 is 1.00 bits per heavy atom. The number of halogens is 1. The molecule has 4 heteroatoms. The lowest BCUT2D eigenvalue weighted by Crippen LogP contribution is -2.58. The van der Waals surface area contributed by atoms with Gasteiger partial charge in [-0.25, -0.2) is 0 Å². The Morgan fingerprint density at radius 3 is 2.50 bits per heavy atom. The molecule has 0 saturated carbocycles. The first-order valence-electron chi connectivity index (χ1n) is 5.62. The van der Waals surface area contributed by atoms with Gasteiger partial charge in [0.25, 0.3) is 0 Å². The zero-order chi connectivity index (χ0) is 8.67. The predicted octanol–water partition coefficient (Wildman–Crippen LogP) is 0.206. The lowest BCUT2D eigenvalue weighted by atomic mass is 10.0. The Kier molecular flexibility index (Phi) is 3.32. The third-order valence-electron chi connectivity index (χ3n) is 3.83. The van der Waals surface area contributed by atoms with Gasteiger partial charge in [-0.05, 0) is 19.3 Å². The minimum absolute atomic E-state index is 0. The topological polar surface area (TPSA) is 27.3 Å². The molecule has 0 aliphatic carbocycles. The number of nitrogens with one attached hydrogen (secondary N) is 2. The molecule has 3 heterocycles. The van der Waals surface area contributed by atoms with Crippen molar-refractivity contribution in [3.63, 3.8) is 0 Å². The van der Waals surface area contributed by atoms with Crippen LogP contribution in [0.5, 0.6) is 0 Å². The van der Waals surface area contributed by atoms with Gasteiger partial charge in [0.05, 0.1) is 0 Å². The van der Waals surface area contributed by atoms with E-state index in [2.05, 4.69) is 15.5 Å². The first-order valence-corrected chi connectivity index (χ1v) is 5.62. The van der Waals surface area contributed by atoms with Crippen LogP contribution in [0.4, 0.5) is 0 Å². The van der Waals surface area contributed by atoms with Crippen LogP contribution in [0.25, 0.3) is 0 Å². The molecule has 0 aromatic rings. The summed E-state index contributed by atoms with van der Waals surface area (Å²) >= 11 is 0. The molecule has 0 radical (unpaired) electrons. The van der Waals surface area contributed by atoms with Gasteiger partial charge in [-0.3, -0.25) is 4.90 Å². The van der Waals surface area contributed by atoms with Crippen molar-refractivity contribution in [2.45, 2.75) is 37.4 Å². The summed E-state index contributed by atoms with van der Waals surface area (Å²) in [6, 6.07) is 2.48. The molecule has 2 bridgehead atoms. The SMILES string of the molecule is C1CC2CN(C3CNC3)CCC1N2.Cl. The third-order valence-corrected chi connectivity index (χ3v) is 3.83. The summed E-state index contributed by atoms with van der Waals surface area (Å²) in [7, 11) is 0. The van der Waals surface area contributed by atoms with Crippen molar-refractivity contribution < 1.29 is 0 Å². The molecule has 2 atom stereocenters. The van der Waals surface area contributed by atoms with Crippen molar-refractivity contribution in [3.05, 3.63) is 0 Å². The maximum absolute atomic E-state index is 3.72. The van der Waals surface area contributed by atoms with E-state index in [0.29, 0.717) is 0 Å². The average Bonchev–Trinajstić information content (AvgIpc) is 2.33. The van der Waals surface area contributed by atoms with Gasteiger partial charge in [-0.15, -0.1) is 12.4 Å². The highest BCUT2D eigenvalue weighted by Gasteiger charge is 2.33. The lowest BCUT2D eigenvalue weighted by Gasteiger charge is -2.39. The van der Waals surface area contributed by atoms with Crippen LogP contribution in [0.3, 0.4) is 0 Å². The zero-order valence-corrected chi connectivity index (χ0v) is 9.35. The van der Waals surface area contributed by atoms with Gasteiger partial charge in [0.2, 0.25) is 0 Å². The van der Waals surface area contributed by atoms with Crippen LogP contribution >= 0.6 is 12.4 Å². The van der Waals surface area contributed by atoms with Gasteiger partial charge >= 0.3 is 0 Å². The molecule has 3 nitrogen and oxygen atoms in total. The van der Waals surface area contributed by atoms with Crippen LogP contribution in [-0.2, 0) is 0 Å². The molecule has 0 amide bonds. The summed E-state index contributed by atoms with van der Waals surface area (Å²) in [6.07, 6.45) is 4.19. The van der Waals surface area contributed by atoms with Crippen molar-refractivity contribution in [2.75, 3.05) is 26.2 Å². The lowest BCUT2D eigenvalue weighted by molar-refractivity contribution is 0.139. The third kappa shape index (κ3) is 1.91. The number of rotatable bonds is 1. The van der Waals surface area contributed by atoms with E-state index in [1.165, 1.54) is 45.4 Å². The molecule has 82 valence electrons. The summed E-state index contributed by atoms with van der Waals surface area (Å²) in [5, 5.41) is 7.08. The normalized spacial score (nSPS) is 38.6. The molecule has 0 aromatic carbocycles. The number of hydrogen-bond donors (Lipinski definition) is 2. The highest BCUT2D eigenvalue weighted by molar-refractivity contribution is 5.85. The summed E-state index contributed by atoms with van der Waals surface area (Å²) in [4.78, 5) is 2.69. The summed E-state index contributed by atoms with van der Waals surface area (Å²) in [5.41, 5.74) is 0. The van der Waals surface area contributed by atoms with Gasteiger partial charge < -0.3 is 10.6 Å². The molecule has 14 heavy (non-hydrogen) atoms. The monoisotopic (exact) mass is 217 g/mol. The van der Waals surface area contributed by atoms with Gasteiger partial charge in [0.15, 0.2) is 0 Å². The van der Waals surface area contributed by atoms with E-state index in [1.807, 2.05) is 0 Å². The Balaban J connectivity index is 0.000000750. The highest BCUT2D eigenvalue weighted by atomic mass is 35.5. The van der Waals surface area contributed by atoms with Crippen molar-refractivity contribution in [1.82, 2.24) is 15.5 Å². The number of nitrogens with zero attached hydrogens (tertiary/aromatic N) is 1. The van der Waals surface area contributed by atoms with E-state index in [-0.39, 0.29) is 12.4 Å². The molecule has 3 rings (SSSR count). The molecule has 0 spiro atoms. The van der Waals surface area contributed by atoms with Gasteiger partial charge in [0, 0.05) is 44.3 Å². The molecular formula is C10H20ClN3. The largest absolute Gasteiger partial charge is 0.314 e. The Hall–Kier alpha value is 0.170. The highest BCUT2D eigenvalue weighted by Crippen LogP contribution is 2.22. The number of likely N-dealkylation sites (tertiary alicyclic amines) is 1. The second kappa shape index (κ2) is 4.35. The second-order valence-corrected chi connectivity index (χ2v) is 4.73. The average molecular weight is 218 g/mol. The zero-order valence-electron chi connectivity index (χ0n) is 8.54. The second-order valence-electron chi connectivity index (χ2n) is 4.73. The van der Waals surface area contributed by atoms with Crippen LogP contribution in [0, 0.1) is 0 Å². The molecular weight excluding hydrogens is 198 g/mol. The Bertz CT molecular complexity index is 196. The maximum atomic E-state index is 3.72. The van der Waals surface area contributed by atoms with Crippen molar-refractivity contribution in [2.24, 2.45) is 0 Å². The number of fused-ring (bicyclic) bond motifs is 2. The Labute approximate surface area is 92.0 Å². The summed E-state index contributed by atoms with van der Waals surface area (Å²) in [6.45, 7) is 5.05. The minimum Gasteiger partial charge on any atom is -0.314 e. The molecule has 3 aliphatic heterocycles. The molecule has 3 fully saturated rings. The molecule has 2 N–H and O–H groups in total. The van der Waals surface area contributed by atoms with E-state index >= 15 is 0 Å². The predicted molar refractivity (Wildman–Crippen MR) is 60.0 cm³/mol. The van der Waals surface area contributed by atoms with Crippen LogP contribution in [0.2, 0.25) is 0 Å². The van der Waals surface area contributed by atoms with Crippen LogP contribution in [-0.4, -0.2) is 49.2 Å². The number of hydrogen-bond acceptors (Lipinski definition) is 3. The molecule has 2 unspecified atom stereocenters. The summed E-state index contributed by atoms with van der Waals surface area (Å²) < 4.78 is 0. The molecule has 3 aliphatic rings. The van der Waals surface area contributed by atoms with E-state index in [1.54, 1.807) is 0 Å². The molecule has 3 saturated heterocycles. The fraction of sp³-hybridized carbons (Fsp3) is 1.00. The van der Waals surface area contributed by atoms with E-state index in [9.17, 15) is 0 Å². The van der Waals surface area contributed by atoms with E-state index < -0.39 is 0 Å². The Morgan fingerprint density at radius 2 is 1.79 bits per heavy atom. The van der Waals surface area contributed by atoms with Gasteiger partial charge in [-0.1, -0.05) is 0 Å². The first kappa shape index (κ1) is 10.7. The van der Waals surface area contributed by atoms with Crippen molar-refractivity contribution >= 4 is 12.4 Å². The fourth-order valence-corrected chi connectivity index (χ4v) is 2.83. The van der Waals surface area contributed by atoms with Crippen LogP contribution in [0.15, 0.2) is 0 Å². The van der Waals surface area contributed by atoms with E-state index in [0.717, 1.165) is 18.1 Å². The van der Waals surface area contributed by atoms with Crippen molar-refractivity contribution in [3.8, 4) is 0 Å². The van der Waals surface area contributed by atoms with Crippen molar-refractivity contribution in [1.29, 1.82) is 0 Å².